The topological polar surface area (TPSA) is 94.4 Å². The van der Waals surface area contributed by atoms with Crippen LogP contribution in [0.15, 0.2) is 16.4 Å². The van der Waals surface area contributed by atoms with Crippen LogP contribution in [0.4, 0.5) is 10.2 Å². The molecule has 0 aliphatic rings. The predicted molar refractivity (Wildman–Crippen MR) is 86.7 cm³/mol. The van der Waals surface area contributed by atoms with Crippen molar-refractivity contribution >= 4 is 58.5 Å². The van der Waals surface area contributed by atoms with Crippen molar-refractivity contribution in [1.29, 1.82) is 0 Å². The molecule has 2 rings (SSSR count). The first-order valence-electron chi connectivity index (χ1n) is 6.47. The fraction of sp³-hybridized carbons (Fsp3) is 0.231. The van der Waals surface area contributed by atoms with E-state index in [1.807, 2.05) is 0 Å². The van der Waals surface area contributed by atoms with Gasteiger partial charge < -0.3 is 4.74 Å². The van der Waals surface area contributed by atoms with E-state index in [-0.39, 0.29) is 23.1 Å². The summed E-state index contributed by atoms with van der Waals surface area (Å²) in [5.74, 6) is -3.85. The van der Waals surface area contributed by atoms with Gasteiger partial charge in [-0.25, -0.2) is 14.4 Å². The number of esters is 1. The molecule has 24 heavy (non-hydrogen) atoms. The summed E-state index contributed by atoms with van der Waals surface area (Å²) in [4.78, 5) is 32.0. The number of halogens is 3. The molecule has 2 heterocycles. The molecule has 7 nitrogen and oxygen atoms in total. The Balaban J connectivity index is 2.37. The normalized spacial score (nSPS) is 12.3. The number of ketones is 1. The average molecular weight is 391 g/mol. The van der Waals surface area contributed by atoms with E-state index in [1.165, 1.54) is 5.38 Å². The minimum absolute atomic E-state index is 0.0513. The van der Waals surface area contributed by atoms with E-state index >= 15 is 0 Å². The molecular weight excluding hydrogens is 382 g/mol. The summed E-state index contributed by atoms with van der Waals surface area (Å²) in [5, 5.41) is 4.36. The van der Waals surface area contributed by atoms with E-state index in [4.69, 9.17) is 27.9 Å². The minimum atomic E-state index is -1.44. The maximum absolute atomic E-state index is 13.6. The van der Waals surface area contributed by atoms with E-state index in [9.17, 15) is 14.0 Å². The van der Waals surface area contributed by atoms with Crippen molar-refractivity contribution in [3.63, 3.8) is 0 Å². The number of rotatable bonds is 6. The van der Waals surface area contributed by atoms with Crippen LogP contribution < -0.4 is 0 Å². The molecule has 11 heteroatoms. The minimum Gasteiger partial charge on any atom is -0.465 e. The average Bonchev–Trinajstić information content (AvgIpc) is 3.04. The SMILES string of the molecule is CCOC(=O)C(C=Nc1csnn1)C(=O)c1cc(F)c(Cl)nc1Cl. The molecule has 0 saturated carbocycles. The maximum Gasteiger partial charge on any atom is 0.322 e. The number of ether oxygens (including phenoxy) is 1. The number of carbonyl (C=O) groups is 2. The van der Waals surface area contributed by atoms with Gasteiger partial charge in [0.15, 0.2) is 28.5 Å². The van der Waals surface area contributed by atoms with Crippen LogP contribution >= 0.6 is 34.7 Å². The van der Waals surface area contributed by atoms with Crippen LogP contribution in [-0.4, -0.2) is 39.1 Å². The first kappa shape index (κ1) is 18.4. The second-order valence-electron chi connectivity index (χ2n) is 4.23. The zero-order valence-electron chi connectivity index (χ0n) is 12.1. The van der Waals surface area contributed by atoms with E-state index < -0.39 is 28.6 Å². The molecule has 2 aromatic heterocycles. The van der Waals surface area contributed by atoms with Gasteiger partial charge in [0.25, 0.3) is 0 Å². The van der Waals surface area contributed by atoms with Gasteiger partial charge in [-0.1, -0.05) is 27.7 Å². The van der Waals surface area contributed by atoms with Crippen molar-refractivity contribution in [3.8, 4) is 0 Å². The van der Waals surface area contributed by atoms with Crippen LogP contribution in [0.5, 0.6) is 0 Å². The van der Waals surface area contributed by atoms with Crippen molar-refractivity contribution in [3.05, 3.63) is 33.1 Å². The summed E-state index contributed by atoms with van der Waals surface area (Å²) in [5.41, 5.74) is -0.306. The quantitative estimate of drug-likeness (QED) is 0.247. The second kappa shape index (κ2) is 8.22. The standard InChI is InChI=1S/C13H9Cl2FN4O3S/c1-2-23-13(22)7(4-17-9-5-24-20-19-9)10(21)6-3-8(16)12(15)18-11(6)14/h3-5,7H,2H2,1H3. The number of hydrogen-bond donors (Lipinski definition) is 0. The molecule has 0 spiro atoms. The van der Waals surface area contributed by atoms with E-state index in [0.717, 1.165) is 23.8 Å². The summed E-state index contributed by atoms with van der Waals surface area (Å²) in [7, 11) is 0. The zero-order valence-corrected chi connectivity index (χ0v) is 14.4. The van der Waals surface area contributed by atoms with Crippen molar-refractivity contribution in [2.45, 2.75) is 6.92 Å². The highest BCUT2D eigenvalue weighted by atomic mass is 35.5. The third kappa shape index (κ3) is 4.31. The molecule has 0 aliphatic carbocycles. The van der Waals surface area contributed by atoms with Crippen LogP contribution in [0.2, 0.25) is 10.3 Å². The van der Waals surface area contributed by atoms with Crippen molar-refractivity contribution in [2.75, 3.05) is 6.61 Å². The molecule has 126 valence electrons. The lowest BCUT2D eigenvalue weighted by molar-refractivity contribution is -0.143. The van der Waals surface area contributed by atoms with Crippen LogP contribution in [0.3, 0.4) is 0 Å². The number of aromatic nitrogens is 3. The van der Waals surface area contributed by atoms with Gasteiger partial charge in [0, 0.05) is 6.21 Å². The first-order valence-corrected chi connectivity index (χ1v) is 8.07. The lowest BCUT2D eigenvalue weighted by Gasteiger charge is -2.11. The molecule has 0 bridgehead atoms. The number of carbonyl (C=O) groups excluding carboxylic acids is 2. The van der Waals surface area contributed by atoms with E-state index in [2.05, 4.69) is 19.6 Å². The van der Waals surface area contributed by atoms with Gasteiger partial charge in [0.2, 0.25) is 0 Å². The van der Waals surface area contributed by atoms with Gasteiger partial charge >= 0.3 is 5.97 Å². The molecule has 1 unspecified atom stereocenters. The number of nitrogens with zero attached hydrogens (tertiary/aromatic N) is 4. The largest absolute Gasteiger partial charge is 0.465 e. The molecule has 0 radical (unpaired) electrons. The van der Waals surface area contributed by atoms with Gasteiger partial charge in [-0.05, 0) is 24.5 Å². The van der Waals surface area contributed by atoms with Gasteiger partial charge in [0.05, 0.1) is 17.6 Å². The lowest BCUT2D eigenvalue weighted by atomic mass is 10.00. The summed E-state index contributed by atoms with van der Waals surface area (Å²) >= 11 is 12.4. The lowest BCUT2D eigenvalue weighted by Crippen LogP contribution is -2.28. The Bertz CT molecular complexity index is 786. The Labute approximate surface area is 149 Å². The number of aliphatic imine (C=N–C) groups is 1. The molecule has 0 aromatic carbocycles. The van der Waals surface area contributed by atoms with E-state index in [1.54, 1.807) is 6.92 Å². The van der Waals surface area contributed by atoms with Gasteiger partial charge in [-0.3, -0.25) is 9.59 Å². The third-order valence-electron chi connectivity index (χ3n) is 2.68. The molecule has 0 fully saturated rings. The Morgan fingerprint density at radius 1 is 1.46 bits per heavy atom. The summed E-state index contributed by atoms with van der Waals surface area (Å²) in [6, 6.07) is 0.810. The Kier molecular flexibility index (Phi) is 6.29. The molecular formula is C13H9Cl2FN4O3S. The van der Waals surface area contributed by atoms with Gasteiger partial charge in [-0.2, -0.15) is 0 Å². The monoisotopic (exact) mass is 390 g/mol. The highest BCUT2D eigenvalue weighted by Gasteiger charge is 2.30. The van der Waals surface area contributed by atoms with Gasteiger partial charge in [0.1, 0.15) is 5.15 Å². The van der Waals surface area contributed by atoms with Crippen molar-refractivity contribution < 1.29 is 18.7 Å². The Hall–Kier alpha value is -1.97. The fourth-order valence-corrected chi connectivity index (χ4v) is 2.42. The Morgan fingerprint density at radius 3 is 2.83 bits per heavy atom. The fourth-order valence-electron chi connectivity index (χ4n) is 1.62. The zero-order chi connectivity index (χ0) is 17.7. The van der Waals surface area contributed by atoms with Crippen LogP contribution in [-0.2, 0) is 9.53 Å². The third-order valence-corrected chi connectivity index (χ3v) is 3.72. The Morgan fingerprint density at radius 2 is 2.21 bits per heavy atom. The van der Waals surface area contributed by atoms with Crippen LogP contribution in [0.25, 0.3) is 0 Å². The first-order chi connectivity index (χ1) is 11.4. The molecule has 0 N–H and O–H groups in total. The molecule has 0 aliphatic heterocycles. The van der Waals surface area contributed by atoms with Gasteiger partial charge in [-0.15, -0.1) is 5.10 Å². The molecule has 1 atom stereocenters. The summed E-state index contributed by atoms with van der Waals surface area (Å²) in [6.45, 7) is 1.63. The number of Topliss-reactive ketones (excluding diaryl/α,β-unsaturated/α-hetero) is 1. The van der Waals surface area contributed by atoms with Crippen molar-refractivity contribution in [2.24, 2.45) is 10.9 Å². The summed E-state index contributed by atoms with van der Waals surface area (Å²) < 4.78 is 22.0. The van der Waals surface area contributed by atoms with E-state index in [0.29, 0.717) is 0 Å². The predicted octanol–water partition coefficient (Wildman–Crippen LogP) is 3.14. The maximum atomic E-state index is 13.6. The number of pyridine rings is 1. The van der Waals surface area contributed by atoms with Crippen LogP contribution in [0, 0.1) is 11.7 Å². The highest BCUT2D eigenvalue weighted by molar-refractivity contribution is 7.03. The second-order valence-corrected chi connectivity index (χ2v) is 5.56. The van der Waals surface area contributed by atoms with Crippen LogP contribution in [0.1, 0.15) is 17.3 Å². The van der Waals surface area contributed by atoms with Crippen molar-refractivity contribution in [1.82, 2.24) is 14.6 Å². The molecule has 2 aromatic rings. The number of hydrogen-bond acceptors (Lipinski definition) is 8. The summed E-state index contributed by atoms with van der Waals surface area (Å²) in [6.07, 6.45) is 1.04. The highest BCUT2D eigenvalue weighted by Crippen LogP contribution is 2.23. The molecule has 0 amide bonds. The smallest absolute Gasteiger partial charge is 0.322 e. The molecule has 0 saturated heterocycles.